The van der Waals surface area contributed by atoms with Gasteiger partial charge in [-0.2, -0.15) is 4.98 Å². The maximum atomic E-state index is 12.2. The van der Waals surface area contributed by atoms with Gasteiger partial charge in [-0.05, 0) is 13.3 Å². The Morgan fingerprint density at radius 2 is 1.88 bits per heavy atom. The Balaban J connectivity index is 1.77. The van der Waals surface area contributed by atoms with Crippen LogP contribution in [-0.4, -0.2) is 28.0 Å². The van der Waals surface area contributed by atoms with Crippen LogP contribution < -0.4 is 0 Å². The van der Waals surface area contributed by atoms with E-state index >= 15 is 0 Å². The molecule has 0 aliphatic rings. The van der Waals surface area contributed by atoms with Gasteiger partial charge in [0.15, 0.2) is 11.9 Å². The molecular weight excluding hydrogens is 320 g/mol. The average molecular weight is 344 g/mol. The van der Waals surface area contributed by atoms with Crippen molar-refractivity contribution < 1.29 is 18.8 Å². The zero-order valence-electron chi connectivity index (χ0n) is 15.1. The van der Waals surface area contributed by atoms with Crippen molar-refractivity contribution in [2.45, 2.75) is 58.5 Å². The van der Waals surface area contributed by atoms with Gasteiger partial charge in [0, 0.05) is 23.8 Å². The van der Waals surface area contributed by atoms with Crippen molar-refractivity contribution in [3.63, 3.8) is 0 Å². The molecule has 0 bridgehead atoms. The van der Waals surface area contributed by atoms with Crippen molar-refractivity contribution in [3.8, 4) is 0 Å². The van der Waals surface area contributed by atoms with E-state index in [4.69, 9.17) is 9.26 Å². The van der Waals surface area contributed by atoms with Crippen LogP contribution in [0.3, 0.4) is 0 Å². The standard InChI is InChI=1S/C19H24N2O4/c1-13(17(23)14-9-6-5-7-10-14)24-16(22)12-8-11-15-20-18(21-25-15)19(2,3)4/h5-7,9-10,13H,8,11-12H2,1-4H3. The maximum absolute atomic E-state index is 12.2. The number of ketones is 1. The molecule has 0 aliphatic carbocycles. The predicted molar refractivity (Wildman–Crippen MR) is 92.3 cm³/mol. The minimum absolute atomic E-state index is 0.173. The van der Waals surface area contributed by atoms with Gasteiger partial charge >= 0.3 is 5.97 Å². The molecule has 0 fully saturated rings. The molecule has 6 heteroatoms. The third-order valence-electron chi connectivity index (χ3n) is 3.65. The Morgan fingerprint density at radius 1 is 1.20 bits per heavy atom. The summed E-state index contributed by atoms with van der Waals surface area (Å²) in [4.78, 5) is 28.4. The lowest BCUT2D eigenvalue weighted by Crippen LogP contribution is -2.24. The van der Waals surface area contributed by atoms with E-state index in [1.165, 1.54) is 0 Å². The first-order valence-corrected chi connectivity index (χ1v) is 8.39. The van der Waals surface area contributed by atoms with E-state index in [1.807, 2.05) is 26.8 Å². The maximum Gasteiger partial charge on any atom is 0.306 e. The molecule has 134 valence electrons. The van der Waals surface area contributed by atoms with Crippen LogP contribution in [0.15, 0.2) is 34.9 Å². The van der Waals surface area contributed by atoms with Gasteiger partial charge in [0.1, 0.15) is 0 Å². The Morgan fingerprint density at radius 3 is 2.48 bits per heavy atom. The fourth-order valence-corrected chi connectivity index (χ4v) is 2.19. The van der Waals surface area contributed by atoms with Crippen LogP contribution in [0.4, 0.5) is 0 Å². The van der Waals surface area contributed by atoms with E-state index in [0.717, 1.165) is 0 Å². The molecule has 0 spiro atoms. The molecule has 0 saturated heterocycles. The molecule has 25 heavy (non-hydrogen) atoms. The number of nitrogens with zero attached hydrogens (tertiary/aromatic N) is 2. The molecule has 1 unspecified atom stereocenters. The molecule has 6 nitrogen and oxygen atoms in total. The fourth-order valence-electron chi connectivity index (χ4n) is 2.19. The molecule has 1 aromatic heterocycles. The highest BCUT2D eigenvalue weighted by Gasteiger charge is 2.21. The molecule has 2 aromatic rings. The van der Waals surface area contributed by atoms with Crippen LogP contribution in [0.5, 0.6) is 0 Å². The number of benzene rings is 1. The normalized spacial score (nSPS) is 12.6. The Labute approximate surface area is 147 Å². The SMILES string of the molecule is CC(OC(=O)CCCc1nc(C(C)(C)C)no1)C(=O)c1ccccc1. The summed E-state index contributed by atoms with van der Waals surface area (Å²) in [5.41, 5.74) is 0.358. The molecule has 1 heterocycles. The second-order valence-corrected chi connectivity index (χ2v) is 6.98. The van der Waals surface area contributed by atoms with E-state index in [0.29, 0.717) is 30.1 Å². The number of carbonyl (C=O) groups excluding carboxylic acids is 2. The monoisotopic (exact) mass is 344 g/mol. The molecule has 2 rings (SSSR count). The number of hydrogen-bond donors (Lipinski definition) is 0. The van der Waals surface area contributed by atoms with Crippen LogP contribution in [0.25, 0.3) is 0 Å². The van der Waals surface area contributed by atoms with Crippen LogP contribution in [0.1, 0.15) is 62.6 Å². The number of Topliss-reactive ketones (excluding diaryl/α,β-unsaturated/α-hetero) is 1. The van der Waals surface area contributed by atoms with Gasteiger partial charge in [0.05, 0.1) is 0 Å². The Hall–Kier alpha value is -2.50. The minimum Gasteiger partial charge on any atom is -0.454 e. The molecule has 0 N–H and O–H groups in total. The molecule has 0 aliphatic heterocycles. The first-order valence-electron chi connectivity index (χ1n) is 8.39. The van der Waals surface area contributed by atoms with E-state index in [2.05, 4.69) is 10.1 Å². The number of esters is 1. The number of carbonyl (C=O) groups is 2. The van der Waals surface area contributed by atoms with Gasteiger partial charge < -0.3 is 9.26 Å². The molecule has 0 radical (unpaired) electrons. The van der Waals surface area contributed by atoms with Crippen LogP contribution in [0, 0.1) is 0 Å². The van der Waals surface area contributed by atoms with E-state index < -0.39 is 12.1 Å². The quantitative estimate of drug-likeness (QED) is 0.565. The molecule has 0 amide bonds. The summed E-state index contributed by atoms with van der Waals surface area (Å²) in [6, 6.07) is 8.79. The zero-order valence-corrected chi connectivity index (χ0v) is 15.1. The van der Waals surface area contributed by atoms with Crippen molar-refractivity contribution in [2.75, 3.05) is 0 Å². The summed E-state index contributed by atoms with van der Waals surface area (Å²) in [6.07, 6.45) is 0.418. The minimum atomic E-state index is -0.800. The lowest BCUT2D eigenvalue weighted by molar-refractivity contribution is -0.146. The summed E-state index contributed by atoms with van der Waals surface area (Å²) in [5, 5.41) is 3.94. The molecular formula is C19H24N2O4. The molecule has 1 aromatic carbocycles. The van der Waals surface area contributed by atoms with E-state index in [1.54, 1.807) is 31.2 Å². The predicted octanol–water partition coefficient (Wildman–Crippen LogP) is 3.50. The van der Waals surface area contributed by atoms with Crippen molar-refractivity contribution in [1.29, 1.82) is 0 Å². The van der Waals surface area contributed by atoms with E-state index in [-0.39, 0.29) is 17.6 Å². The largest absolute Gasteiger partial charge is 0.454 e. The number of hydrogen-bond acceptors (Lipinski definition) is 6. The summed E-state index contributed by atoms with van der Waals surface area (Å²) in [6.45, 7) is 7.60. The first kappa shape index (κ1) is 18.8. The second kappa shape index (κ2) is 8.05. The number of aryl methyl sites for hydroxylation is 1. The zero-order chi connectivity index (χ0) is 18.4. The van der Waals surface area contributed by atoms with Gasteiger partial charge in [0.25, 0.3) is 0 Å². The van der Waals surface area contributed by atoms with Crippen LogP contribution in [-0.2, 0) is 21.4 Å². The van der Waals surface area contributed by atoms with E-state index in [9.17, 15) is 9.59 Å². The molecule has 1 atom stereocenters. The smallest absolute Gasteiger partial charge is 0.306 e. The number of aromatic nitrogens is 2. The Bertz CT molecular complexity index is 717. The highest BCUT2D eigenvalue weighted by Crippen LogP contribution is 2.19. The highest BCUT2D eigenvalue weighted by atomic mass is 16.5. The van der Waals surface area contributed by atoms with Gasteiger partial charge in [-0.1, -0.05) is 56.3 Å². The van der Waals surface area contributed by atoms with Crippen molar-refractivity contribution >= 4 is 11.8 Å². The summed E-state index contributed by atoms with van der Waals surface area (Å²) in [5.74, 6) is 0.534. The van der Waals surface area contributed by atoms with Gasteiger partial charge in [-0.15, -0.1) is 0 Å². The lowest BCUT2D eigenvalue weighted by atomic mass is 9.96. The van der Waals surface area contributed by atoms with Gasteiger partial charge in [-0.3, -0.25) is 9.59 Å². The van der Waals surface area contributed by atoms with Crippen LogP contribution in [0.2, 0.25) is 0 Å². The lowest BCUT2D eigenvalue weighted by Gasteiger charge is -2.12. The highest BCUT2D eigenvalue weighted by molar-refractivity contribution is 6.00. The second-order valence-electron chi connectivity index (χ2n) is 6.98. The Kier molecular flexibility index (Phi) is 6.07. The third-order valence-corrected chi connectivity index (χ3v) is 3.65. The fraction of sp³-hybridized carbons (Fsp3) is 0.474. The number of ether oxygens (including phenoxy) is 1. The van der Waals surface area contributed by atoms with Gasteiger partial charge in [-0.25, -0.2) is 0 Å². The van der Waals surface area contributed by atoms with Gasteiger partial charge in [0.2, 0.25) is 11.7 Å². The summed E-state index contributed by atoms with van der Waals surface area (Å²) < 4.78 is 10.4. The third kappa shape index (κ3) is 5.52. The van der Waals surface area contributed by atoms with Crippen molar-refractivity contribution in [2.24, 2.45) is 0 Å². The summed E-state index contributed by atoms with van der Waals surface area (Å²) >= 11 is 0. The topological polar surface area (TPSA) is 82.3 Å². The summed E-state index contributed by atoms with van der Waals surface area (Å²) in [7, 11) is 0. The first-order chi connectivity index (χ1) is 11.8. The number of rotatable bonds is 7. The van der Waals surface area contributed by atoms with Crippen LogP contribution >= 0.6 is 0 Å². The van der Waals surface area contributed by atoms with Crippen molar-refractivity contribution in [1.82, 2.24) is 10.1 Å². The molecule has 0 saturated carbocycles. The average Bonchev–Trinajstić information content (AvgIpc) is 3.04. The van der Waals surface area contributed by atoms with Crippen molar-refractivity contribution in [3.05, 3.63) is 47.6 Å².